The highest BCUT2D eigenvalue weighted by Crippen LogP contribution is 2.19. The third-order valence-electron chi connectivity index (χ3n) is 3.67. The van der Waals surface area contributed by atoms with E-state index in [2.05, 4.69) is 51.9 Å². The van der Waals surface area contributed by atoms with Crippen LogP contribution in [0.4, 0.5) is 0 Å². The molecule has 116 valence electrons. The van der Waals surface area contributed by atoms with Crippen LogP contribution in [0.25, 0.3) is 0 Å². The maximum atomic E-state index is 9.68. The number of aliphatic hydroxyl groups excluding tert-OH is 1. The normalized spacial score (nSPS) is 15.8. The fourth-order valence-corrected chi connectivity index (χ4v) is 2.60. The van der Waals surface area contributed by atoms with E-state index in [9.17, 15) is 5.11 Å². The van der Waals surface area contributed by atoms with E-state index in [0.29, 0.717) is 5.41 Å². The molecule has 0 radical (unpaired) electrons. The first kappa shape index (κ1) is 18.9. The summed E-state index contributed by atoms with van der Waals surface area (Å²) in [4.78, 5) is 2.40. The largest absolute Gasteiger partial charge is 0.394 e. The second-order valence-corrected chi connectivity index (χ2v) is 7.12. The van der Waals surface area contributed by atoms with Gasteiger partial charge in [-0.1, -0.05) is 34.6 Å². The molecule has 0 aliphatic heterocycles. The molecule has 1 atom stereocenters. The van der Waals surface area contributed by atoms with Crippen LogP contribution in [-0.4, -0.2) is 48.8 Å². The highest BCUT2D eigenvalue weighted by molar-refractivity contribution is 4.86. The molecular weight excluding hydrogens is 236 g/mol. The van der Waals surface area contributed by atoms with Crippen LogP contribution in [0.1, 0.15) is 60.3 Å². The average Bonchev–Trinajstić information content (AvgIpc) is 2.31. The minimum absolute atomic E-state index is 0.0709. The van der Waals surface area contributed by atoms with Crippen LogP contribution >= 0.6 is 0 Å². The minimum atomic E-state index is -0.0709. The molecule has 3 heteroatoms. The van der Waals surface area contributed by atoms with E-state index >= 15 is 0 Å². The zero-order valence-corrected chi connectivity index (χ0v) is 14.1. The Morgan fingerprint density at radius 3 is 2.21 bits per heavy atom. The average molecular weight is 272 g/mol. The summed E-state index contributed by atoms with van der Waals surface area (Å²) in [6.07, 6.45) is 4.30. The van der Waals surface area contributed by atoms with Crippen LogP contribution in [0.3, 0.4) is 0 Å². The maximum Gasteiger partial charge on any atom is 0.0613 e. The van der Waals surface area contributed by atoms with Gasteiger partial charge in [-0.2, -0.15) is 0 Å². The number of hydrogen-bond donors (Lipinski definition) is 2. The molecule has 3 nitrogen and oxygen atoms in total. The smallest absolute Gasteiger partial charge is 0.0613 e. The summed E-state index contributed by atoms with van der Waals surface area (Å²) in [5, 5.41) is 13.2. The lowest BCUT2D eigenvalue weighted by molar-refractivity contribution is 0.137. The summed E-state index contributed by atoms with van der Waals surface area (Å²) in [7, 11) is 2.19. The van der Waals surface area contributed by atoms with Gasteiger partial charge in [0.25, 0.3) is 0 Å². The van der Waals surface area contributed by atoms with Crippen LogP contribution < -0.4 is 5.32 Å². The van der Waals surface area contributed by atoms with E-state index in [1.54, 1.807) is 0 Å². The lowest BCUT2D eigenvalue weighted by Gasteiger charge is -2.33. The maximum absolute atomic E-state index is 9.68. The highest BCUT2D eigenvalue weighted by Gasteiger charge is 2.26. The van der Waals surface area contributed by atoms with Crippen molar-refractivity contribution in [3.05, 3.63) is 0 Å². The van der Waals surface area contributed by atoms with Crippen LogP contribution in [0.2, 0.25) is 0 Å². The number of nitrogens with one attached hydrogen (secondary N) is 1. The molecular formula is C16H36N2O. The summed E-state index contributed by atoms with van der Waals surface area (Å²) in [6.45, 7) is 14.6. The van der Waals surface area contributed by atoms with Crippen LogP contribution in [-0.2, 0) is 0 Å². The number of rotatable bonds is 10. The van der Waals surface area contributed by atoms with Crippen molar-refractivity contribution >= 4 is 0 Å². The van der Waals surface area contributed by atoms with E-state index in [1.165, 1.54) is 0 Å². The van der Waals surface area contributed by atoms with Crippen LogP contribution in [0.5, 0.6) is 0 Å². The Bertz CT molecular complexity index is 219. The molecule has 0 saturated carbocycles. The number of nitrogens with zero attached hydrogens (tertiary/aromatic N) is 1. The van der Waals surface area contributed by atoms with Crippen molar-refractivity contribution in [2.24, 2.45) is 5.41 Å². The molecule has 0 aromatic heterocycles. The van der Waals surface area contributed by atoms with E-state index in [1.807, 2.05) is 0 Å². The van der Waals surface area contributed by atoms with Crippen molar-refractivity contribution in [2.45, 2.75) is 65.8 Å². The van der Waals surface area contributed by atoms with Gasteiger partial charge in [-0.3, -0.25) is 0 Å². The summed E-state index contributed by atoms with van der Waals surface area (Å²) in [5.74, 6) is 0. The Morgan fingerprint density at radius 2 is 1.79 bits per heavy atom. The van der Waals surface area contributed by atoms with Gasteiger partial charge in [0.1, 0.15) is 0 Å². The van der Waals surface area contributed by atoms with Gasteiger partial charge in [0.15, 0.2) is 0 Å². The molecule has 0 aromatic rings. The van der Waals surface area contributed by atoms with E-state index in [0.717, 1.165) is 45.3 Å². The van der Waals surface area contributed by atoms with Gasteiger partial charge in [0.2, 0.25) is 0 Å². The second kappa shape index (κ2) is 8.93. The second-order valence-electron chi connectivity index (χ2n) is 7.12. The first-order chi connectivity index (χ1) is 8.78. The fraction of sp³-hybridized carbons (Fsp3) is 1.00. The lowest BCUT2D eigenvalue weighted by atomic mass is 9.90. The Kier molecular flexibility index (Phi) is 8.88. The Balaban J connectivity index is 4.11. The molecule has 0 spiro atoms. The summed E-state index contributed by atoms with van der Waals surface area (Å²) in [6, 6.07) is 0. The summed E-state index contributed by atoms with van der Waals surface area (Å²) < 4.78 is 0. The molecule has 2 N–H and O–H groups in total. The quantitative estimate of drug-likeness (QED) is 0.642. The van der Waals surface area contributed by atoms with Gasteiger partial charge in [0, 0.05) is 12.1 Å². The van der Waals surface area contributed by atoms with Crippen molar-refractivity contribution in [3.63, 3.8) is 0 Å². The minimum Gasteiger partial charge on any atom is -0.394 e. The number of hydrogen-bond acceptors (Lipinski definition) is 3. The molecule has 0 amide bonds. The Hall–Kier alpha value is -0.120. The van der Waals surface area contributed by atoms with Crippen molar-refractivity contribution in [3.8, 4) is 0 Å². The van der Waals surface area contributed by atoms with Crippen molar-refractivity contribution in [1.82, 2.24) is 10.2 Å². The monoisotopic (exact) mass is 272 g/mol. The standard InChI is InChI=1S/C16H36N2O/c1-7-11-17-16(8-2,14-19)10-9-12-18(6)13-15(3,4)5/h17,19H,7-14H2,1-6H3. The van der Waals surface area contributed by atoms with Crippen LogP contribution in [0, 0.1) is 5.41 Å². The molecule has 0 aliphatic rings. The predicted molar refractivity (Wildman–Crippen MR) is 84.6 cm³/mol. The third-order valence-corrected chi connectivity index (χ3v) is 3.67. The predicted octanol–water partition coefficient (Wildman–Crippen LogP) is 2.89. The topological polar surface area (TPSA) is 35.5 Å². The van der Waals surface area contributed by atoms with Crippen molar-refractivity contribution < 1.29 is 5.11 Å². The molecule has 0 heterocycles. The highest BCUT2D eigenvalue weighted by atomic mass is 16.3. The Labute approximate surface area is 120 Å². The van der Waals surface area contributed by atoms with E-state index < -0.39 is 0 Å². The zero-order chi connectivity index (χ0) is 14.9. The fourth-order valence-electron chi connectivity index (χ4n) is 2.60. The molecule has 0 saturated heterocycles. The zero-order valence-electron chi connectivity index (χ0n) is 14.1. The third kappa shape index (κ3) is 8.61. The molecule has 0 rings (SSSR count). The van der Waals surface area contributed by atoms with Gasteiger partial charge in [-0.05, 0) is 51.2 Å². The number of aliphatic hydroxyl groups is 1. The first-order valence-corrected chi connectivity index (χ1v) is 7.83. The van der Waals surface area contributed by atoms with Gasteiger partial charge in [-0.25, -0.2) is 0 Å². The molecule has 1 unspecified atom stereocenters. The van der Waals surface area contributed by atoms with Crippen LogP contribution in [0.15, 0.2) is 0 Å². The SMILES string of the molecule is CCCNC(CC)(CO)CCCN(C)CC(C)(C)C. The van der Waals surface area contributed by atoms with Crippen molar-refractivity contribution in [1.29, 1.82) is 0 Å². The molecule has 0 aromatic carbocycles. The van der Waals surface area contributed by atoms with Gasteiger partial charge in [0.05, 0.1) is 6.61 Å². The van der Waals surface area contributed by atoms with Gasteiger partial charge >= 0.3 is 0 Å². The molecule has 0 fully saturated rings. The van der Waals surface area contributed by atoms with E-state index in [4.69, 9.17) is 0 Å². The van der Waals surface area contributed by atoms with Gasteiger partial charge < -0.3 is 15.3 Å². The lowest BCUT2D eigenvalue weighted by Crippen LogP contribution is -2.48. The van der Waals surface area contributed by atoms with Crippen molar-refractivity contribution in [2.75, 3.05) is 33.3 Å². The van der Waals surface area contributed by atoms with E-state index in [-0.39, 0.29) is 12.1 Å². The Morgan fingerprint density at radius 1 is 1.16 bits per heavy atom. The molecule has 0 bridgehead atoms. The van der Waals surface area contributed by atoms with Gasteiger partial charge in [-0.15, -0.1) is 0 Å². The first-order valence-electron chi connectivity index (χ1n) is 7.83. The summed E-state index contributed by atoms with van der Waals surface area (Å²) in [5.41, 5.74) is 0.284. The molecule has 19 heavy (non-hydrogen) atoms. The summed E-state index contributed by atoms with van der Waals surface area (Å²) >= 11 is 0. The molecule has 0 aliphatic carbocycles.